The lowest BCUT2D eigenvalue weighted by molar-refractivity contribution is -0.139. The van der Waals surface area contributed by atoms with Gasteiger partial charge in [-0.15, -0.1) is 6.58 Å². The fourth-order valence-electron chi connectivity index (χ4n) is 4.23. The number of ether oxygens (including phenoxy) is 1. The Hall–Kier alpha value is -2.64. The predicted molar refractivity (Wildman–Crippen MR) is 126 cm³/mol. The van der Waals surface area contributed by atoms with Crippen molar-refractivity contribution >= 4 is 34.4 Å². The summed E-state index contributed by atoms with van der Waals surface area (Å²) >= 11 is 2.21. The highest BCUT2D eigenvalue weighted by molar-refractivity contribution is 14.1. The normalized spacial score (nSPS) is 24.4. The van der Waals surface area contributed by atoms with Gasteiger partial charge in [-0.25, -0.2) is 9.69 Å². The van der Waals surface area contributed by atoms with Crippen LogP contribution < -0.4 is 4.90 Å². The van der Waals surface area contributed by atoms with Crippen LogP contribution in [0.1, 0.15) is 18.1 Å². The molecule has 5 heteroatoms. The summed E-state index contributed by atoms with van der Waals surface area (Å²) in [6, 6.07) is 26.0. The molecule has 3 atom stereocenters. The van der Waals surface area contributed by atoms with Gasteiger partial charge in [-0.1, -0.05) is 73.7 Å². The zero-order valence-electron chi connectivity index (χ0n) is 16.5. The molecular weight excluding hydrogens is 489 g/mol. The van der Waals surface area contributed by atoms with Crippen molar-refractivity contribution in [3.8, 4) is 0 Å². The van der Waals surface area contributed by atoms with Crippen LogP contribution in [0.25, 0.3) is 0 Å². The summed E-state index contributed by atoms with van der Waals surface area (Å²) in [7, 11) is 0. The molecule has 1 N–H and O–H groups in total. The third-order valence-electron chi connectivity index (χ3n) is 5.73. The van der Waals surface area contributed by atoms with Crippen LogP contribution >= 0.6 is 22.6 Å². The number of anilines is 1. The number of hydrogen-bond acceptors (Lipinski definition) is 3. The topological polar surface area (TPSA) is 49.8 Å². The number of rotatable bonds is 5. The highest BCUT2D eigenvalue weighted by Crippen LogP contribution is 2.56. The first-order valence-electron chi connectivity index (χ1n) is 9.70. The van der Waals surface area contributed by atoms with Gasteiger partial charge >= 0.3 is 6.09 Å². The van der Waals surface area contributed by atoms with E-state index in [1.807, 2.05) is 91.9 Å². The molecule has 0 spiro atoms. The smallest absolute Gasteiger partial charge is 0.418 e. The summed E-state index contributed by atoms with van der Waals surface area (Å²) in [5.74, 6) is -0.386. The Morgan fingerprint density at radius 2 is 1.50 bits per heavy atom. The Morgan fingerprint density at radius 3 is 2.03 bits per heavy atom. The number of carbonyl (C=O) groups excluding carboxylic acids is 1. The van der Waals surface area contributed by atoms with Crippen molar-refractivity contribution in [2.24, 2.45) is 5.92 Å². The summed E-state index contributed by atoms with van der Waals surface area (Å²) in [5.41, 5.74) is -1.37. The minimum atomic E-state index is -1.80. The highest BCUT2D eigenvalue weighted by Gasteiger charge is 2.68. The molecule has 30 heavy (non-hydrogen) atoms. The molecule has 1 fully saturated rings. The van der Waals surface area contributed by atoms with E-state index in [1.165, 1.54) is 4.90 Å². The third-order valence-corrected chi connectivity index (χ3v) is 6.45. The average molecular weight is 511 g/mol. The summed E-state index contributed by atoms with van der Waals surface area (Å²) < 4.78 is 7.15. The molecule has 1 saturated heterocycles. The van der Waals surface area contributed by atoms with Crippen LogP contribution in [0.3, 0.4) is 0 Å². The van der Waals surface area contributed by atoms with Gasteiger partial charge in [-0.05, 0) is 46.9 Å². The molecule has 0 unspecified atom stereocenters. The van der Waals surface area contributed by atoms with Crippen molar-refractivity contribution in [1.82, 2.24) is 0 Å². The Morgan fingerprint density at radius 1 is 0.967 bits per heavy atom. The highest BCUT2D eigenvalue weighted by atomic mass is 127. The molecule has 0 aromatic heterocycles. The minimum absolute atomic E-state index is 0.386. The maximum Gasteiger partial charge on any atom is 0.418 e. The first-order chi connectivity index (χ1) is 14.4. The fraction of sp³-hybridized carbons (Fsp3) is 0.160. The number of benzene rings is 3. The number of amides is 1. The van der Waals surface area contributed by atoms with E-state index >= 15 is 0 Å². The molecule has 0 aliphatic carbocycles. The van der Waals surface area contributed by atoms with Gasteiger partial charge in [0.1, 0.15) is 0 Å². The number of carbonyl (C=O) groups is 1. The van der Waals surface area contributed by atoms with Crippen molar-refractivity contribution in [3.63, 3.8) is 0 Å². The van der Waals surface area contributed by atoms with Crippen LogP contribution in [0.5, 0.6) is 0 Å². The van der Waals surface area contributed by atoms with Gasteiger partial charge in [-0.2, -0.15) is 0 Å². The van der Waals surface area contributed by atoms with Gasteiger partial charge in [0, 0.05) is 20.6 Å². The molecule has 1 amide bonds. The zero-order valence-corrected chi connectivity index (χ0v) is 18.7. The first kappa shape index (κ1) is 20.6. The second-order valence-electron chi connectivity index (χ2n) is 7.34. The largest absolute Gasteiger partial charge is 0.431 e. The van der Waals surface area contributed by atoms with Gasteiger partial charge in [0.15, 0.2) is 5.60 Å². The molecule has 4 nitrogen and oxygen atoms in total. The SMILES string of the molecule is C=C[C@@H](C)[C@@]1(c2ccccc2)OC(=O)N(c2ccc(I)cc2)[C@]1(O)c1ccccc1. The van der Waals surface area contributed by atoms with E-state index in [0.717, 1.165) is 3.57 Å². The summed E-state index contributed by atoms with van der Waals surface area (Å²) in [6.07, 6.45) is 1.10. The van der Waals surface area contributed by atoms with Gasteiger partial charge in [0.05, 0.1) is 5.69 Å². The molecule has 0 radical (unpaired) electrons. The Balaban J connectivity index is 2.06. The van der Waals surface area contributed by atoms with Crippen molar-refractivity contribution in [2.45, 2.75) is 18.2 Å². The van der Waals surface area contributed by atoms with E-state index < -0.39 is 17.4 Å². The van der Waals surface area contributed by atoms with Gasteiger partial charge in [0.25, 0.3) is 0 Å². The van der Waals surface area contributed by atoms with Crippen LogP contribution in [-0.4, -0.2) is 11.2 Å². The van der Waals surface area contributed by atoms with Gasteiger partial charge < -0.3 is 9.84 Å². The molecular formula is C25H22INO3. The van der Waals surface area contributed by atoms with Crippen LogP contribution in [-0.2, 0) is 16.1 Å². The number of cyclic esters (lactones) is 1. The molecule has 0 saturated carbocycles. The Kier molecular flexibility index (Phi) is 5.42. The molecule has 0 bridgehead atoms. The van der Waals surface area contributed by atoms with Crippen molar-refractivity contribution in [2.75, 3.05) is 4.90 Å². The van der Waals surface area contributed by atoms with Crippen LogP contribution in [0.15, 0.2) is 97.6 Å². The van der Waals surface area contributed by atoms with E-state index in [-0.39, 0.29) is 5.92 Å². The summed E-state index contributed by atoms with van der Waals surface area (Å²) in [5, 5.41) is 12.5. The molecule has 3 aromatic carbocycles. The molecule has 152 valence electrons. The third kappa shape index (κ3) is 2.96. The average Bonchev–Trinajstić information content (AvgIpc) is 3.03. The number of aliphatic hydroxyl groups is 1. The van der Waals surface area contributed by atoms with Gasteiger partial charge in [-0.3, -0.25) is 0 Å². The molecule has 1 aliphatic heterocycles. The Labute approximate surface area is 189 Å². The Bertz CT molecular complexity index is 1050. The second-order valence-corrected chi connectivity index (χ2v) is 8.59. The fourth-order valence-corrected chi connectivity index (χ4v) is 4.59. The molecule has 1 heterocycles. The molecule has 1 aliphatic rings. The lowest BCUT2D eigenvalue weighted by atomic mass is 9.71. The van der Waals surface area contributed by atoms with E-state index in [1.54, 1.807) is 6.08 Å². The van der Waals surface area contributed by atoms with Gasteiger partial charge in [0.2, 0.25) is 5.72 Å². The lowest BCUT2D eigenvalue weighted by Gasteiger charge is -2.45. The number of nitrogens with zero attached hydrogens (tertiary/aromatic N) is 1. The van der Waals surface area contributed by atoms with Crippen LogP contribution in [0.2, 0.25) is 0 Å². The van der Waals surface area contributed by atoms with Crippen molar-refractivity contribution < 1.29 is 14.6 Å². The zero-order chi connectivity index (χ0) is 21.4. The quantitative estimate of drug-likeness (QED) is 0.348. The number of halogens is 1. The van der Waals surface area contributed by atoms with Crippen molar-refractivity contribution in [3.05, 3.63) is 112 Å². The summed E-state index contributed by atoms with van der Waals surface area (Å²) in [6.45, 7) is 5.85. The van der Waals surface area contributed by atoms with E-state index in [0.29, 0.717) is 16.8 Å². The second kappa shape index (κ2) is 7.89. The van der Waals surface area contributed by atoms with Crippen molar-refractivity contribution in [1.29, 1.82) is 0 Å². The minimum Gasteiger partial charge on any atom is -0.431 e. The van der Waals surface area contributed by atoms with E-state index in [2.05, 4.69) is 29.2 Å². The number of hydrogen-bond donors (Lipinski definition) is 1. The standard InChI is InChI=1S/C25H22INO3/c1-3-18(2)24(19-10-6-4-7-11-19)25(29,20-12-8-5-9-13-20)27(23(28)30-24)22-16-14-21(26)15-17-22/h3-18,29H,1H2,2H3/t18-,24+,25+/m1/s1. The maximum atomic E-state index is 13.4. The molecule has 3 aromatic rings. The monoisotopic (exact) mass is 511 g/mol. The molecule has 4 rings (SSSR count). The lowest BCUT2D eigenvalue weighted by Crippen LogP contribution is -2.57. The van der Waals surface area contributed by atoms with E-state index in [4.69, 9.17) is 4.74 Å². The summed E-state index contributed by atoms with van der Waals surface area (Å²) in [4.78, 5) is 14.7. The van der Waals surface area contributed by atoms with E-state index in [9.17, 15) is 9.90 Å². The predicted octanol–water partition coefficient (Wildman–Crippen LogP) is 5.81. The first-order valence-corrected chi connectivity index (χ1v) is 10.8. The van der Waals surface area contributed by atoms with Crippen LogP contribution in [0.4, 0.5) is 10.5 Å². The maximum absolute atomic E-state index is 13.4. The van der Waals surface area contributed by atoms with Crippen LogP contribution in [0, 0.1) is 9.49 Å².